The summed E-state index contributed by atoms with van der Waals surface area (Å²) >= 11 is 0. The molecule has 5 nitrogen and oxygen atoms in total. The molecular formula is C18H18FNO4. The van der Waals surface area contributed by atoms with Gasteiger partial charge in [0.1, 0.15) is 11.7 Å². The summed E-state index contributed by atoms with van der Waals surface area (Å²) in [5.74, 6) is -3.04. The summed E-state index contributed by atoms with van der Waals surface area (Å²) in [5.41, 5.74) is 1.69. The van der Waals surface area contributed by atoms with E-state index in [1.54, 1.807) is 19.1 Å². The first-order valence-electron chi connectivity index (χ1n) is 7.82. The second-order valence-corrected chi connectivity index (χ2v) is 6.30. The van der Waals surface area contributed by atoms with Crippen LogP contribution in [0.2, 0.25) is 0 Å². The van der Waals surface area contributed by atoms with E-state index in [9.17, 15) is 18.8 Å². The van der Waals surface area contributed by atoms with Crippen molar-refractivity contribution in [2.45, 2.75) is 25.7 Å². The molecule has 2 aliphatic rings. The smallest absolute Gasteiger partial charge is 0.316 e. The lowest BCUT2D eigenvalue weighted by molar-refractivity contribution is -0.151. The summed E-state index contributed by atoms with van der Waals surface area (Å²) in [4.78, 5) is 37.0. The molecule has 1 aromatic carbocycles. The van der Waals surface area contributed by atoms with Crippen molar-refractivity contribution >= 4 is 17.7 Å². The van der Waals surface area contributed by atoms with Crippen LogP contribution in [-0.2, 0) is 19.1 Å². The predicted octanol–water partition coefficient (Wildman–Crippen LogP) is 2.08. The van der Waals surface area contributed by atoms with Crippen LogP contribution in [-0.4, -0.2) is 24.8 Å². The van der Waals surface area contributed by atoms with E-state index in [0.29, 0.717) is 23.3 Å². The Kier molecular flexibility index (Phi) is 4.22. The highest BCUT2D eigenvalue weighted by Crippen LogP contribution is 2.42. The van der Waals surface area contributed by atoms with Crippen LogP contribution in [0.1, 0.15) is 31.2 Å². The van der Waals surface area contributed by atoms with Gasteiger partial charge in [0.05, 0.1) is 7.11 Å². The number of amides is 1. The van der Waals surface area contributed by atoms with E-state index in [1.807, 2.05) is 0 Å². The first kappa shape index (κ1) is 16.4. The third-order valence-electron chi connectivity index (χ3n) is 4.72. The molecule has 1 aliphatic carbocycles. The maximum atomic E-state index is 13.2. The molecule has 1 aromatic rings. The predicted molar refractivity (Wildman–Crippen MR) is 83.2 cm³/mol. The lowest BCUT2D eigenvalue weighted by atomic mass is 9.70. The number of carbonyl (C=O) groups is 3. The standard InChI is InChI=1S/C18H18FNO4/c1-9-7-13-16(17(22)15(9)18(23)24-2)12(8-14(21)20-13)10-3-5-11(19)6-4-10/h3-6,9,12,15H,7-8H2,1-2H3,(H,20,21)/t9-,12+,15-/m1/s1. The van der Waals surface area contributed by atoms with Crippen LogP contribution in [0.3, 0.4) is 0 Å². The molecular weight excluding hydrogens is 313 g/mol. The van der Waals surface area contributed by atoms with E-state index < -0.39 is 17.8 Å². The quantitative estimate of drug-likeness (QED) is 0.665. The Morgan fingerprint density at radius 1 is 1.21 bits per heavy atom. The molecule has 126 valence electrons. The third kappa shape index (κ3) is 2.72. The van der Waals surface area contributed by atoms with Crippen molar-refractivity contribution in [3.05, 3.63) is 46.9 Å². The monoisotopic (exact) mass is 331 g/mol. The molecule has 0 radical (unpaired) electrons. The van der Waals surface area contributed by atoms with Gasteiger partial charge >= 0.3 is 5.97 Å². The summed E-state index contributed by atoms with van der Waals surface area (Å²) < 4.78 is 18.0. The fourth-order valence-corrected chi connectivity index (χ4v) is 3.58. The van der Waals surface area contributed by atoms with Crippen molar-refractivity contribution in [3.8, 4) is 0 Å². The van der Waals surface area contributed by atoms with E-state index in [1.165, 1.54) is 19.2 Å². The van der Waals surface area contributed by atoms with Crippen molar-refractivity contribution in [1.29, 1.82) is 0 Å². The Balaban J connectivity index is 2.06. The Morgan fingerprint density at radius 2 is 1.88 bits per heavy atom. The number of nitrogens with one attached hydrogen (secondary N) is 1. The number of ketones is 1. The average molecular weight is 331 g/mol. The maximum absolute atomic E-state index is 13.2. The first-order valence-corrected chi connectivity index (χ1v) is 7.82. The van der Waals surface area contributed by atoms with Gasteiger partial charge < -0.3 is 10.1 Å². The van der Waals surface area contributed by atoms with Gasteiger partial charge in [0.15, 0.2) is 5.78 Å². The number of ether oxygens (including phenoxy) is 1. The Labute approximate surface area is 138 Å². The van der Waals surface area contributed by atoms with E-state index >= 15 is 0 Å². The number of methoxy groups -OCH3 is 1. The van der Waals surface area contributed by atoms with Crippen molar-refractivity contribution in [2.75, 3.05) is 7.11 Å². The van der Waals surface area contributed by atoms with Crippen LogP contribution in [0.25, 0.3) is 0 Å². The molecule has 6 heteroatoms. The van der Waals surface area contributed by atoms with Crippen LogP contribution in [0.5, 0.6) is 0 Å². The molecule has 0 unspecified atom stereocenters. The zero-order valence-electron chi connectivity index (χ0n) is 13.5. The number of esters is 1. The van der Waals surface area contributed by atoms with E-state index in [2.05, 4.69) is 5.32 Å². The average Bonchev–Trinajstić information content (AvgIpc) is 2.54. The highest BCUT2D eigenvalue weighted by molar-refractivity contribution is 6.11. The number of allylic oxidation sites excluding steroid dienone is 2. The van der Waals surface area contributed by atoms with E-state index in [0.717, 1.165) is 0 Å². The van der Waals surface area contributed by atoms with Crippen LogP contribution in [0, 0.1) is 17.7 Å². The van der Waals surface area contributed by atoms with Gasteiger partial charge in [-0.15, -0.1) is 0 Å². The molecule has 3 rings (SSSR count). The van der Waals surface area contributed by atoms with Crippen LogP contribution < -0.4 is 5.32 Å². The molecule has 0 aromatic heterocycles. The van der Waals surface area contributed by atoms with E-state index in [-0.39, 0.29) is 29.8 Å². The second-order valence-electron chi connectivity index (χ2n) is 6.30. The normalized spacial score (nSPS) is 26.7. The number of hydrogen-bond acceptors (Lipinski definition) is 4. The molecule has 0 spiro atoms. The first-order chi connectivity index (χ1) is 11.4. The Bertz CT molecular complexity index is 738. The molecule has 1 heterocycles. The van der Waals surface area contributed by atoms with Gasteiger partial charge in [0.25, 0.3) is 0 Å². The second kappa shape index (κ2) is 6.19. The lowest BCUT2D eigenvalue weighted by Gasteiger charge is -2.36. The molecule has 0 saturated heterocycles. The summed E-state index contributed by atoms with van der Waals surface area (Å²) in [7, 11) is 1.26. The van der Waals surface area contributed by atoms with Crippen molar-refractivity contribution in [3.63, 3.8) is 0 Å². The summed E-state index contributed by atoms with van der Waals surface area (Å²) in [6, 6.07) is 5.74. The highest BCUT2D eigenvalue weighted by atomic mass is 19.1. The third-order valence-corrected chi connectivity index (χ3v) is 4.72. The maximum Gasteiger partial charge on any atom is 0.316 e. The fraction of sp³-hybridized carbons (Fsp3) is 0.389. The minimum Gasteiger partial charge on any atom is -0.468 e. The minimum atomic E-state index is -0.869. The summed E-state index contributed by atoms with van der Waals surface area (Å²) in [5, 5.41) is 2.76. The van der Waals surface area contributed by atoms with Crippen molar-refractivity contribution in [1.82, 2.24) is 5.32 Å². The van der Waals surface area contributed by atoms with Gasteiger partial charge in [-0.1, -0.05) is 19.1 Å². The van der Waals surface area contributed by atoms with Crippen LogP contribution in [0.4, 0.5) is 4.39 Å². The number of rotatable bonds is 2. The van der Waals surface area contributed by atoms with Crippen molar-refractivity contribution < 1.29 is 23.5 Å². The molecule has 3 atom stereocenters. The fourth-order valence-electron chi connectivity index (χ4n) is 3.58. The van der Waals surface area contributed by atoms with Gasteiger partial charge in [-0.3, -0.25) is 14.4 Å². The lowest BCUT2D eigenvalue weighted by Crippen LogP contribution is -2.44. The minimum absolute atomic E-state index is 0.0957. The number of Topliss-reactive ketones (excluding diaryl/α,β-unsaturated/α-hetero) is 1. The molecule has 1 aliphatic heterocycles. The molecule has 24 heavy (non-hydrogen) atoms. The van der Waals surface area contributed by atoms with Crippen molar-refractivity contribution in [2.24, 2.45) is 11.8 Å². The van der Waals surface area contributed by atoms with Gasteiger partial charge in [-0.2, -0.15) is 0 Å². The Morgan fingerprint density at radius 3 is 2.50 bits per heavy atom. The van der Waals surface area contributed by atoms with Gasteiger partial charge in [0, 0.05) is 23.6 Å². The number of benzene rings is 1. The molecule has 0 saturated carbocycles. The van der Waals surface area contributed by atoms with Gasteiger partial charge in [0.2, 0.25) is 5.91 Å². The number of halogens is 1. The molecule has 0 fully saturated rings. The highest BCUT2D eigenvalue weighted by Gasteiger charge is 2.45. The number of carbonyl (C=O) groups excluding carboxylic acids is 3. The van der Waals surface area contributed by atoms with Crippen LogP contribution in [0.15, 0.2) is 35.5 Å². The molecule has 1 N–H and O–H groups in total. The molecule has 1 amide bonds. The molecule has 0 bridgehead atoms. The summed E-state index contributed by atoms with van der Waals surface area (Å²) in [6.45, 7) is 1.79. The van der Waals surface area contributed by atoms with E-state index in [4.69, 9.17) is 4.74 Å². The zero-order valence-corrected chi connectivity index (χ0v) is 13.5. The topological polar surface area (TPSA) is 72.5 Å². The summed E-state index contributed by atoms with van der Waals surface area (Å²) in [6.07, 6.45) is 0.517. The van der Waals surface area contributed by atoms with Crippen LogP contribution >= 0.6 is 0 Å². The largest absolute Gasteiger partial charge is 0.468 e. The number of hydrogen-bond donors (Lipinski definition) is 1. The van der Waals surface area contributed by atoms with Gasteiger partial charge in [-0.25, -0.2) is 4.39 Å². The SMILES string of the molecule is COC(=O)[C@H]1C(=O)C2=C(C[C@H]1C)NC(=O)C[C@H]2c1ccc(F)cc1. The van der Waals surface area contributed by atoms with Gasteiger partial charge in [-0.05, 0) is 30.0 Å². The Hall–Kier alpha value is -2.50. The zero-order chi connectivity index (χ0) is 17.4.